The molecule has 128 valence electrons. The van der Waals surface area contributed by atoms with Crippen molar-refractivity contribution in [2.45, 2.75) is 31.6 Å². The molecule has 0 atom stereocenters. The van der Waals surface area contributed by atoms with E-state index in [0.29, 0.717) is 36.3 Å². The fourth-order valence-electron chi connectivity index (χ4n) is 2.74. The van der Waals surface area contributed by atoms with Crippen LogP contribution in [0.5, 0.6) is 0 Å². The predicted molar refractivity (Wildman–Crippen MR) is 84.7 cm³/mol. The second-order valence-electron chi connectivity index (χ2n) is 5.93. The Balaban J connectivity index is 1.89. The molecule has 0 radical (unpaired) electrons. The highest BCUT2D eigenvalue weighted by molar-refractivity contribution is 7.90. The van der Waals surface area contributed by atoms with Crippen LogP contribution in [0.2, 0.25) is 0 Å². The van der Waals surface area contributed by atoms with Crippen molar-refractivity contribution >= 4 is 9.84 Å². The first-order valence-electron chi connectivity index (χ1n) is 7.40. The minimum absolute atomic E-state index is 0.287. The van der Waals surface area contributed by atoms with E-state index in [0.717, 1.165) is 11.8 Å². The number of sulfone groups is 1. The molecule has 0 bridgehead atoms. The zero-order valence-electron chi connectivity index (χ0n) is 13.3. The van der Waals surface area contributed by atoms with E-state index < -0.39 is 21.3 Å². The van der Waals surface area contributed by atoms with Crippen LogP contribution in [0.4, 0.5) is 4.39 Å². The van der Waals surface area contributed by atoms with Crippen molar-refractivity contribution in [1.29, 1.82) is 0 Å². The van der Waals surface area contributed by atoms with Gasteiger partial charge in [-0.05, 0) is 18.6 Å². The van der Waals surface area contributed by atoms with Gasteiger partial charge < -0.3 is 0 Å². The summed E-state index contributed by atoms with van der Waals surface area (Å²) in [4.78, 5) is 24.2. The Morgan fingerprint density at radius 1 is 1.42 bits per heavy atom. The number of nitrogens with zero attached hydrogens (tertiary/aromatic N) is 3. The monoisotopic (exact) mass is 352 g/mol. The maximum absolute atomic E-state index is 13.9. The number of aromatic nitrogens is 3. The van der Waals surface area contributed by atoms with E-state index in [4.69, 9.17) is 0 Å². The topological polar surface area (TPSA) is 96.0 Å². The maximum atomic E-state index is 13.9. The molecule has 2 aromatic rings. The molecule has 0 aromatic carbocycles. The van der Waals surface area contributed by atoms with Crippen LogP contribution < -0.4 is 5.56 Å². The molecular weight excluding hydrogens is 335 g/mol. The minimum Gasteiger partial charge on any atom is -0.297 e. The Hall–Kier alpha value is -2.13. The molecule has 3 rings (SSSR count). The van der Waals surface area contributed by atoms with Gasteiger partial charge in [-0.15, -0.1) is 0 Å². The number of halogens is 1. The van der Waals surface area contributed by atoms with Crippen LogP contribution in [0.25, 0.3) is 0 Å². The van der Waals surface area contributed by atoms with Crippen molar-refractivity contribution in [1.82, 2.24) is 19.9 Å². The van der Waals surface area contributed by atoms with Gasteiger partial charge in [0, 0.05) is 44.1 Å². The molecule has 0 unspecified atom stereocenters. The van der Waals surface area contributed by atoms with Crippen LogP contribution in [-0.4, -0.2) is 41.1 Å². The minimum atomic E-state index is -3.57. The van der Waals surface area contributed by atoms with Gasteiger partial charge in [-0.3, -0.25) is 14.7 Å². The third-order valence-electron chi connectivity index (χ3n) is 4.10. The smallest absolute Gasteiger partial charge is 0.256 e. The second-order valence-corrected chi connectivity index (χ2v) is 7.86. The fraction of sp³-hybridized carbons (Fsp3) is 0.400. The van der Waals surface area contributed by atoms with Gasteiger partial charge >= 0.3 is 0 Å². The number of hydrogen-bond donors (Lipinski definition) is 1. The third-order valence-corrected chi connectivity index (χ3v) is 4.99. The number of rotatable bonds is 3. The highest BCUT2D eigenvalue weighted by Crippen LogP contribution is 2.19. The highest BCUT2D eigenvalue weighted by Gasteiger charge is 2.24. The van der Waals surface area contributed by atoms with Crippen molar-refractivity contribution in [2.24, 2.45) is 0 Å². The molecule has 7 nitrogen and oxygen atoms in total. The van der Waals surface area contributed by atoms with Crippen LogP contribution in [0.15, 0.2) is 22.2 Å². The highest BCUT2D eigenvalue weighted by atomic mass is 32.2. The Labute approximate surface area is 138 Å². The van der Waals surface area contributed by atoms with Crippen molar-refractivity contribution in [2.75, 3.05) is 12.8 Å². The molecule has 0 fully saturated rings. The fourth-order valence-corrected chi connectivity index (χ4v) is 3.29. The van der Waals surface area contributed by atoms with Crippen LogP contribution in [0, 0.1) is 12.9 Å². The maximum Gasteiger partial charge on any atom is 0.256 e. The van der Waals surface area contributed by atoms with Crippen LogP contribution in [-0.2, 0) is 29.3 Å². The summed E-state index contributed by atoms with van der Waals surface area (Å²) in [5.74, 6) is -0.514. The number of aryl methyl sites for hydroxylation is 1. The number of fused-ring (bicyclic) bond motifs is 1. The first-order chi connectivity index (χ1) is 11.3. The van der Waals surface area contributed by atoms with Gasteiger partial charge in [0.15, 0.2) is 0 Å². The standard InChI is InChI=1S/C15H17FN4O3S/c1-9-3-5-17-13(16)10(9)7-20-6-4-12-11(8-20)14(21)19-15(18-12)24(2,22)23/h3,5H,4,6-8H2,1-2H3,(H,18,19,21). The molecule has 1 N–H and O–H groups in total. The Morgan fingerprint density at radius 2 is 2.17 bits per heavy atom. The Bertz CT molecular complexity index is 935. The summed E-state index contributed by atoms with van der Waals surface area (Å²) in [6.07, 6.45) is 2.85. The Kier molecular flexibility index (Phi) is 4.22. The molecule has 1 aliphatic heterocycles. The van der Waals surface area contributed by atoms with E-state index in [2.05, 4.69) is 15.0 Å². The van der Waals surface area contributed by atoms with E-state index in [1.165, 1.54) is 6.20 Å². The quantitative estimate of drug-likeness (QED) is 0.641. The summed E-state index contributed by atoms with van der Waals surface area (Å²) in [5, 5.41) is -0.311. The first-order valence-corrected chi connectivity index (χ1v) is 9.29. The van der Waals surface area contributed by atoms with Gasteiger partial charge in [-0.25, -0.2) is 18.4 Å². The molecule has 0 saturated carbocycles. The number of pyridine rings is 1. The van der Waals surface area contributed by atoms with E-state index in [-0.39, 0.29) is 11.7 Å². The molecular formula is C15H17FN4O3S. The van der Waals surface area contributed by atoms with Crippen molar-refractivity contribution < 1.29 is 12.8 Å². The number of hydrogen-bond acceptors (Lipinski definition) is 6. The van der Waals surface area contributed by atoms with Gasteiger partial charge in [-0.2, -0.15) is 4.39 Å². The second kappa shape index (κ2) is 6.06. The largest absolute Gasteiger partial charge is 0.297 e. The molecule has 9 heteroatoms. The summed E-state index contributed by atoms with van der Waals surface area (Å²) < 4.78 is 37.0. The van der Waals surface area contributed by atoms with Crippen LogP contribution in [0.3, 0.4) is 0 Å². The van der Waals surface area contributed by atoms with Crippen LogP contribution >= 0.6 is 0 Å². The number of nitrogens with one attached hydrogen (secondary N) is 1. The average Bonchev–Trinajstić information content (AvgIpc) is 2.50. The lowest BCUT2D eigenvalue weighted by Gasteiger charge is -2.28. The van der Waals surface area contributed by atoms with Gasteiger partial charge in [-0.1, -0.05) is 0 Å². The van der Waals surface area contributed by atoms with E-state index in [1.807, 2.05) is 11.8 Å². The zero-order valence-corrected chi connectivity index (χ0v) is 14.2. The molecule has 0 saturated heterocycles. The lowest BCUT2D eigenvalue weighted by Crippen LogP contribution is -2.36. The molecule has 0 amide bonds. The molecule has 24 heavy (non-hydrogen) atoms. The summed E-state index contributed by atoms with van der Waals surface area (Å²) in [5.41, 5.74) is 1.74. The number of H-pyrrole nitrogens is 1. The first kappa shape index (κ1) is 16.7. The third kappa shape index (κ3) is 3.22. The molecule has 2 aromatic heterocycles. The van der Waals surface area contributed by atoms with Crippen molar-refractivity contribution in [3.05, 3.63) is 50.9 Å². The van der Waals surface area contributed by atoms with Gasteiger partial charge in [0.1, 0.15) is 0 Å². The van der Waals surface area contributed by atoms with E-state index >= 15 is 0 Å². The van der Waals surface area contributed by atoms with Crippen LogP contribution in [0.1, 0.15) is 22.4 Å². The average molecular weight is 352 g/mol. The van der Waals surface area contributed by atoms with Crippen molar-refractivity contribution in [3.63, 3.8) is 0 Å². The van der Waals surface area contributed by atoms with E-state index in [1.54, 1.807) is 6.07 Å². The lowest BCUT2D eigenvalue weighted by molar-refractivity contribution is 0.236. The SMILES string of the molecule is Cc1ccnc(F)c1CN1CCc2nc(S(C)(=O)=O)[nH]c(=O)c2C1. The summed E-state index contributed by atoms with van der Waals surface area (Å²) in [6, 6.07) is 1.74. The van der Waals surface area contributed by atoms with Gasteiger partial charge in [0.25, 0.3) is 5.56 Å². The van der Waals surface area contributed by atoms with E-state index in [9.17, 15) is 17.6 Å². The number of aromatic amines is 1. The summed E-state index contributed by atoms with van der Waals surface area (Å²) >= 11 is 0. The molecule has 3 heterocycles. The molecule has 0 spiro atoms. The van der Waals surface area contributed by atoms with Gasteiger partial charge in [0.2, 0.25) is 20.9 Å². The normalized spacial score (nSPS) is 15.3. The predicted octanol–water partition coefficient (Wildman–Crippen LogP) is 0.574. The summed E-state index contributed by atoms with van der Waals surface area (Å²) in [6.45, 7) is 2.98. The molecule has 1 aliphatic rings. The summed E-state index contributed by atoms with van der Waals surface area (Å²) in [7, 11) is -3.57. The Morgan fingerprint density at radius 3 is 2.83 bits per heavy atom. The zero-order chi connectivity index (χ0) is 17.5. The lowest BCUT2D eigenvalue weighted by atomic mass is 10.1. The van der Waals surface area contributed by atoms with Gasteiger partial charge in [0.05, 0.1) is 11.3 Å². The molecule has 0 aliphatic carbocycles. The van der Waals surface area contributed by atoms with Crippen molar-refractivity contribution in [3.8, 4) is 0 Å².